The van der Waals surface area contributed by atoms with Crippen LogP contribution in [0, 0.1) is 6.92 Å². The van der Waals surface area contributed by atoms with Gasteiger partial charge in [0.2, 0.25) is 0 Å². The molecule has 6 nitrogen and oxygen atoms in total. The Labute approximate surface area is 191 Å². The first-order valence-electron chi connectivity index (χ1n) is 9.53. The number of hydrogen-bond acceptors (Lipinski definition) is 6. The number of aliphatic hydroxyl groups is 1. The summed E-state index contributed by atoms with van der Waals surface area (Å²) in [6.45, 7) is 7.75. The van der Waals surface area contributed by atoms with E-state index in [9.17, 15) is 9.90 Å². The summed E-state index contributed by atoms with van der Waals surface area (Å²) in [5, 5.41) is 14.1. The fourth-order valence-corrected chi connectivity index (χ4v) is 4.54. The van der Waals surface area contributed by atoms with Gasteiger partial charge in [0.1, 0.15) is 21.4 Å². The first kappa shape index (κ1) is 22.7. The number of pyridine rings is 1. The van der Waals surface area contributed by atoms with Gasteiger partial charge in [-0.1, -0.05) is 25.4 Å². The van der Waals surface area contributed by atoms with Crippen molar-refractivity contribution in [1.82, 2.24) is 14.5 Å². The van der Waals surface area contributed by atoms with Crippen LogP contribution in [0.5, 0.6) is 0 Å². The predicted octanol–water partition coefficient (Wildman–Crippen LogP) is 5.54. The van der Waals surface area contributed by atoms with Gasteiger partial charge in [0.15, 0.2) is 0 Å². The monoisotopic (exact) mass is 508 g/mol. The summed E-state index contributed by atoms with van der Waals surface area (Å²) in [4.78, 5) is 22.9. The van der Waals surface area contributed by atoms with Crippen molar-refractivity contribution in [3.05, 3.63) is 56.1 Å². The van der Waals surface area contributed by atoms with Gasteiger partial charge >= 0.3 is 0 Å². The summed E-state index contributed by atoms with van der Waals surface area (Å²) < 4.78 is 2.79. The Morgan fingerprint density at radius 1 is 1.33 bits per heavy atom. The smallest absolute Gasteiger partial charge is 0.275 e. The highest BCUT2D eigenvalue weighted by molar-refractivity contribution is 9.10. The van der Waals surface area contributed by atoms with Crippen LogP contribution < -0.4 is 10.9 Å². The molecular weight excluding hydrogens is 488 g/mol. The summed E-state index contributed by atoms with van der Waals surface area (Å²) >= 11 is 10.9. The molecule has 4 rings (SSSR count). The molecule has 2 N–H and O–H groups in total. The molecule has 0 bridgehead atoms. The zero-order valence-electron chi connectivity index (χ0n) is 17.0. The number of halogens is 2. The van der Waals surface area contributed by atoms with Crippen molar-refractivity contribution < 1.29 is 5.11 Å². The maximum Gasteiger partial charge on any atom is 0.275 e. The molecule has 9 heteroatoms. The summed E-state index contributed by atoms with van der Waals surface area (Å²) in [6.07, 6.45) is 3.21. The third kappa shape index (κ3) is 4.09. The highest BCUT2D eigenvalue weighted by atomic mass is 79.9. The Morgan fingerprint density at radius 2 is 2.07 bits per heavy atom. The van der Waals surface area contributed by atoms with Gasteiger partial charge in [-0.15, -0.1) is 11.3 Å². The molecule has 3 aromatic heterocycles. The summed E-state index contributed by atoms with van der Waals surface area (Å²) in [5.74, 6) is 0. The van der Waals surface area contributed by atoms with Gasteiger partial charge in [-0.2, -0.15) is 0 Å². The molecule has 0 saturated carbocycles. The molecule has 0 aliphatic carbocycles. The first-order valence-corrected chi connectivity index (χ1v) is 11.5. The highest BCUT2D eigenvalue weighted by Crippen LogP contribution is 2.38. The number of benzene rings is 1. The van der Waals surface area contributed by atoms with Crippen molar-refractivity contribution in [2.24, 2.45) is 0 Å². The summed E-state index contributed by atoms with van der Waals surface area (Å²) in [5.41, 5.74) is 2.79. The van der Waals surface area contributed by atoms with Crippen LogP contribution in [-0.2, 0) is 0 Å². The van der Waals surface area contributed by atoms with Crippen LogP contribution in [0.25, 0.3) is 26.1 Å². The van der Waals surface area contributed by atoms with Crippen molar-refractivity contribution in [3.8, 4) is 5.69 Å². The van der Waals surface area contributed by atoms with Crippen molar-refractivity contribution in [2.45, 2.75) is 33.7 Å². The lowest BCUT2D eigenvalue weighted by Gasteiger charge is -2.15. The number of aliphatic hydroxyl groups excluding tert-OH is 1. The minimum atomic E-state index is -0.160. The predicted molar refractivity (Wildman–Crippen MR) is 129 cm³/mol. The molecule has 0 amide bonds. The minimum Gasteiger partial charge on any atom is -0.394 e. The van der Waals surface area contributed by atoms with E-state index in [0.29, 0.717) is 25.8 Å². The number of hydrogen-bond donors (Lipinski definition) is 2. The number of anilines is 1. The molecule has 0 aliphatic rings. The van der Waals surface area contributed by atoms with Crippen LogP contribution >= 0.6 is 38.9 Å². The fraction of sp³-hybridized carbons (Fsp3) is 0.286. The molecule has 0 radical (unpaired) electrons. The largest absolute Gasteiger partial charge is 0.394 e. The topological polar surface area (TPSA) is 80.0 Å². The average Bonchev–Trinajstić information content (AvgIpc) is 3.14. The van der Waals surface area contributed by atoms with Gasteiger partial charge in [-0.3, -0.25) is 9.36 Å². The lowest BCUT2D eigenvalue weighted by Crippen LogP contribution is -2.20. The van der Waals surface area contributed by atoms with Crippen molar-refractivity contribution in [2.75, 3.05) is 11.9 Å². The molecule has 3 heterocycles. The molecule has 0 fully saturated rings. The number of rotatable bonds is 4. The lowest BCUT2D eigenvalue weighted by molar-refractivity contribution is 0.281. The number of aromatic nitrogens is 3. The van der Waals surface area contributed by atoms with Crippen molar-refractivity contribution in [3.63, 3.8) is 0 Å². The molecule has 1 atom stereocenters. The zero-order chi connectivity index (χ0) is 22.0. The van der Waals surface area contributed by atoms with Gasteiger partial charge in [0.05, 0.1) is 27.8 Å². The van der Waals surface area contributed by atoms with E-state index in [-0.39, 0.29) is 18.2 Å². The van der Waals surface area contributed by atoms with E-state index in [1.54, 1.807) is 18.3 Å². The molecular formula is C21H22BrClN4O2S. The Kier molecular flexibility index (Phi) is 7.13. The first-order chi connectivity index (χ1) is 14.4. The molecule has 4 aromatic rings. The number of nitrogens with one attached hydrogen (secondary N) is 1. The molecule has 1 aromatic carbocycles. The van der Waals surface area contributed by atoms with E-state index in [0.717, 1.165) is 21.1 Å². The third-order valence-corrected chi connectivity index (χ3v) is 6.55. The van der Waals surface area contributed by atoms with Crippen LogP contribution in [0.1, 0.15) is 26.3 Å². The fourth-order valence-electron chi connectivity index (χ4n) is 2.97. The molecule has 0 aliphatic heterocycles. The van der Waals surface area contributed by atoms with Gasteiger partial charge in [0, 0.05) is 17.3 Å². The Bertz CT molecular complexity index is 1270. The van der Waals surface area contributed by atoms with E-state index < -0.39 is 0 Å². The maximum absolute atomic E-state index is 13.2. The van der Waals surface area contributed by atoms with Crippen molar-refractivity contribution in [1.29, 1.82) is 0 Å². The molecule has 0 saturated heterocycles. The van der Waals surface area contributed by atoms with Gasteiger partial charge in [-0.25, -0.2) is 9.97 Å². The second-order valence-corrected chi connectivity index (χ2v) is 8.78. The quantitative estimate of drug-likeness (QED) is 0.378. The van der Waals surface area contributed by atoms with Crippen LogP contribution in [0.15, 0.2) is 40.0 Å². The number of thiophene rings is 1. The Hall–Kier alpha value is -2.00. The van der Waals surface area contributed by atoms with Crippen LogP contribution in [-0.4, -0.2) is 32.3 Å². The van der Waals surface area contributed by atoms with Crippen molar-refractivity contribution >= 4 is 65.0 Å². The SMILES string of the molecule is CC.Cc1cc(-n2cnc3c(sc4ncc(Br)c(N[C@H](C)CO)c43)c2=O)ccc1Cl. The zero-order valence-corrected chi connectivity index (χ0v) is 20.2. The van der Waals surface area contributed by atoms with E-state index >= 15 is 0 Å². The van der Waals surface area contributed by atoms with E-state index in [1.165, 1.54) is 22.2 Å². The van der Waals surface area contributed by atoms with E-state index in [4.69, 9.17) is 11.6 Å². The molecule has 0 unspecified atom stereocenters. The molecule has 0 spiro atoms. The van der Waals surface area contributed by atoms with Crippen LogP contribution in [0.3, 0.4) is 0 Å². The normalized spacial score (nSPS) is 12.0. The summed E-state index contributed by atoms with van der Waals surface area (Å²) in [7, 11) is 0. The molecule has 30 heavy (non-hydrogen) atoms. The van der Waals surface area contributed by atoms with Crippen LogP contribution in [0.2, 0.25) is 5.02 Å². The molecule has 158 valence electrons. The maximum atomic E-state index is 13.2. The Morgan fingerprint density at radius 3 is 2.73 bits per heavy atom. The van der Waals surface area contributed by atoms with Gasteiger partial charge in [-0.05, 0) is 53.5 Å². The lowest BCUT2D eigenvalue weighted by atomic mass is 10.2. The third-order valence-electron chi connectivity index (χ3n) is 4.45. The van der Waals surface area contributed by atoms with Gasteiger partial charge in [0.25, 0.3) is 5.56 Å². The van der Waals surface area contributed by atoms with E-state index in [2.05, 4.69) is 31.2 Å². The number of fused-ring (bicyclic) bond motifs is 3. The summed E-state index contributed by atoms with van der Waals surface area (Å²) in [6, 6.07) is 5.26. The van der Waals surface area contributed by atoms with Crippen LogP contribution in [0.4, 0.5) is 5.69 Å². The average molecular weight is 510 g/mol. The number of nitrogens with zero attached hydrogens (tertiary/aromatic N) is 3. The second-order valence-electron chi connectivity index (χ2n) is 6.52. The standard InChI is InChI=1S/C19H16BrClN4O2S.C2H6/c1-9-5-11(3-4-13(9)21)25-8-23-16-14-15(24-10(2)7-26)12(20)6-22-18(14)28-17(16)19(25)27;1-2/h3-6,8,10,26H,7H2,1-2H3,(H,22,24);1-2H3/t10-;/m1./s1. The van der Waals surface area contributed by atoms with E-state index in [1.807, 2.05) is 33.8 Å². The Balaban J connectivity index is 0.00000124. The second kappa shape index (κ2) is 9.43. The van der Waals surface area contributed by atoms with Gasteiger partial charge < -0.3 is 10.4 Å². The number of aryl methyl sites for hydroxylation is 1. The highest BCUT2D eigenvalue weighted by Gasteiger charge is 2.19. The minimum absolute atomic E-state index is 0.0194.